The summed E-state index contributed by atoms with van der Waals surface area (Å²) in [4.78, 5) is 0. The van der Waals surface area contributed by atoms with Crippen molar-refractivity contribution < 1.29 is 0 Å². The first-order valence-electron chi connectivity index (χ1n) is 9.07. The first-order chi connectivity index (χ1) is 13.7. The molecule has 0 N–H and O–H groups in total. The number of benzene rings is 3. The van der Waals surface area contributed by atoms with Gasteiger partial charge in [0.05, 0.1) is 5.03 Å². The fourth-order valence-corrected chi connectivity index (χ4v) is 4.96. The number of hydrogen-bond acceptors (Lipinski definition) is 1. The van der Waals surface area contributed by atoms with Crippen LogP contribution in [0.5, 0.6) is 0 Å². The number of hydrogen-bond donors (Lipinski definition) is 0. The molecule has 0 spiro atoms. The van der Waals surface area contributed by atoms with Gasteiger partial charge in [-0.25, -0.2) is 0 Å². The van der Waals surface area contributed by atoms with Crippen LogP contribution in [0, 0.1) is 0 Å². The lowest BCUT2D eigenvalue weighted by Gasteiger charge is -2.14. The van der Waals surface area contributed by atoms with Gasteiger partial charge in [-0.1, -0.05) is 89.9 Å². The maximum absolute atomic E-state index is 6.36. The second-order valence-electron chi connectivity index (χ2n) is 6.48. The van der Waals surface area contributed by atoms with Crippen LogP contribution in [0.25, 0.3) is 11.3 Å². The average molecular weight is 424 g/mol. The van der Waals surface area contributed by atoms with Crippen molar-refractivity contribution in [1.82, 2.24) is 4.57 Å². The summed E-state index contributed by atoms with van der Waals surface area (Å²) >= 11 is 14.5. The minimum Gasteiger partial charge on any atom is -0.331 e. The Morgan fingerprint density at radius 2 is 1.32 bits per heavy atom. The predicted molar refractivity (Wildman–Crippen MR) is 121 cm³/mol. The van der Waals surface area contributed by atoms with Gasteiger partial charge in [0.1, 0.15) is 0 Å². The summed E-state index contributed by atoms with van der Waals surface area (Å²) < 4.78 is 2.36. The summed E-state index contributed by atoms with van der Waals surface area (Å²) in [6.45, 7) is 0.816. The molecule has 140 valence electrons. The monoisotopic (exact) mass is 423 g/mol. The topological polar surface area (TPSA) is 4.93 Å². The van der Waals surface area contributed by atoms with Crippen molar-refractivity contribution in [2.45, 2.75) is 17.3 Å². The van der Waals surface area contributed by atoms with E-state index in [2.05, 4.69) is 65.2 Å². The van der Waals surface area contributed by atoms with Crippen LogP contribution in [-0.2, 0) is 12.3 Å². The first-order valence-corrected chi connectivity index (χ1v) is 10.8. The van der Waals surface area contributed by atoms with Gasteiger partial charge in [-0.15, -0.1) is 11.8 Å². The van der Waals surface area contributed by atoms with E-state index >= 15 is 0 Å². The Bertz CT molecular complexity index is 1040. The molecule has 0 saturated carbocycles. The standard InChI is InChI=1S/C24H19Cl2NS/c25-21-12-7-13-22(26)20(21)17-28-24-15-14-23(19-10-5-2-6-11-19)27(24)16-18-8-3-1-4-9-18/h1-15H,16-17H2. The molecular formula is C24H19Cl2NS. The van der Waals surface area contributed by atoms with Gasteiger partial charge < -0.3 is 4.57 Å². The summed E-state index contributed by atoms with van der Waals surface area (Å²) in [6, 6.07) is 31.1. The lowest BCUT2D eigenvalue weighted by atomic mass is 10.1. The first kappa shape index (κ1) is 19.2. The van der Waals surface area contributed by atoms with E-state index in [4.69, 9.17) is 23.2 Å². The van der Waals surface area contributed by atoms with Gasteiger partial charge in [-0.2, -0.15) is 0 Å². The van der Waals surface area contributed by atoms with Crippen LogP contribution < -0.4 is 0 Å². The van der Waals surface area contributed by atoms with Crippen molar-refractivity contribution in [3.8, 4) is 11.3 Å². The van der Waals surface area contributed by atoms with Crippen molar-refractivity contribution in [1.29, 1.82) is 0 Å². The van der Waals surface area contributed by atoms with Crippen molar-refractivity contribution in [3.05, 3.63) is 112 Å². The lowest BCUT2D eigenvalue weighted by Crippen LogP contribution is -2.03. The van der Waals surface area contributed by atoms with Crippen molar-refractivity contribution in [2.75, 3.05) is 0 Å². The summed E-state index contributed by atoms with van der Waals surface area (Å²) in [5.74, 6) is 0.728. The van der Waals surface area contributed by atoms with Crippen molar-refractivity contribution in [2.24, 2.45) is 0 Å². The molecule has 0 aliphatic rings. The fraction of sp³-hybridized carbons (Fsp3) is 0.0833. The number of nitrogens with zero attached hydrogens (tertiary/aromatic N) is 1. The smallest absolute Gasteiger partial charge is 0.0759 e. The highest BCUT2D eigenvalue weighted by Crippen LogP contribution is 2.34. The number of thioether (sulfide) groups is 1. The van der Waals surface area contributed by atoms with Gasteiger partial charge in [0.25, 0.3) is 0 Å². The molecule has 1 aromatic heterocycles. The highest BCUT2D eigenvalue weighted by molar-refractivity contribution is 7.98. The molecule has 4 rings (SSSR count). The van der Waals surface area contributed by atoms with Crippen LogP contribution in [0.4, 0.5) is 0 Å². The molecule has 0 saturated heterocycles. The molecule has 0 fully saturated rings. The third-order valence-electron chi connectivity index (χ3n) is 4.62. The Balaban J connectivity index is 1.68. The molecule has 0 aliphatic carbocycles. The molecule has 0 aliphatic heterocycles. The second kappa shape index (κ2) is 8.91. The van der Waals surface area contributed by atoms with Crippen molar-refractivity contribution >= 4 is 35.0 Å². The van der Waals surface area contributed by atoms with Crippen LogP contribution in [0.15, 0.2) is 96.0 Å². The second-order valence-corrected chi connectivity index (χ2v) is 8.29. The fourth-order valence-electron chi connectivity index (χ4n) is 3.18. The van der Waals surface area contributed by atoms with Crippen LogP contribution in [0.1, 0.15) is 11.1 Å². The lowest BCUT2D eigenvalue weighted by molar-refractivity contribution is 0.742. The van der Waals surface area contributed by atoms with Crippen LogP contribution >= 0.6 is 35.0 Å². The van der Waals surface area contributed by atoms with Crippen LogP contribution in [0.3, 0.4) is 0 Å². The van der Waals surface area contributed by atoms with E-state index in [1.54, 1.807) is 11.8 Å². The van der Waals surface area contributed by atoms with E-state index in [9.17, 15) is 0 Å². The molecular weight excluding hydrogens is 405 g/mol. The molecule has 1 nitrogen and oxygen atoms in total. The average Bonchev–Trinajstić information content (AvgIpc) is 3.11. The Kier molecular flexibility index (Phi) is 6.11. The Morgan fingerprint density at radius 3 is 2.00 bits per heavy atom. The molecule has 4 heteroatoms. The molecule has 0 bridgehead atoms. The Hall–Kier alpha value is -2.13. The maximum atomic E-state index is 6.36. The molecule has 0 radical (unpaired) electrons. The predicted octanol–water partition coefficient (Wildman–Crippen LogP) is 7.80. The molecule has 28 heavy (non-hydrogen) atoms. The van der Waals surface area contributed by atoms with Gasteiger partial charge in [-0.3, -0.25) is 0 Å². The molecule has 4 aromatic rings. The summed E-state index contributed by atoms with van der Waals surface area (Å²) in [5.41, 5.74) is 4.66. The molecule has 1 heterocycles. The molecule has 0 unspecified atom stereocenters. The van der Waals surface area contributed by atoms with E-state index < -0.39 is 0 Å². The minimum absolute atomic E-state index is 0.712. The Morgan fingerprint density at radius 1 is 0.679 bits per heavy atom. The number of halogens is 2. The van der Waals surface area contributed by atoms with Crippen LogP contribution in [0.2, 0.25) is 10.0 Å². The highest BCUT2D eigenvalue weighted by Gasteiger charge is 2.13. The van der Waals surface area contributed by atoms with Gasteiger partial charge >= 0.3 is 0 Å². The zero-order valence-electron chi connectivity index (χ0n) is 15.2. The van der Waals surface area contributed by atoms with E-state index in [-0.39, 0.29) is 0 Å². The maximum Gasteiger partial charge on any atom is 0.0759 e. The third kappa shape index (κ3) is 4.30. The van der Waals surface area contributed by atoms with Gasteiger partial charge in [-0.05, 0) is 41.0 Å². The van der Waals surface area contributed by atoms with Gasteiger partial charge in [0, 0.05) is 28.0 Å². The SMILES string of the molecule is Clc1cccc(Cl)c1CSc1ccc(-c2ccccc2)n1Cc1ccccc1. The largest absolute Gasteiger partial charge is 0.331 e. The summed E-state index contributed by atoms with van der Waals surface area (Å²) in [6.07, 6.45) is 0. The highest BCUT2D eigenvalue weighted by atomic mass is 35.5. The Labute approximate surface area is 179 Å². The van der Waals surface area contributed by atoms with E-state index in [1.807, 2.05) is 30.3 Å². The number of rotatable bonds is 6. The normalized spacial score (nSPS) is 10.9. The zero-order valence-corrected chi connectivity index (χ0v) is 17.5. The zero-order chi connectivity index (χ0) is 19.3. The number of aromatic nitrogens is 1. The third-order valence-corrected chi connectivity index (χ3v) is 6.41. The quantitative estimate of drug-likeness (QED) is 0.286. The van der Waals surface area contributed by atoms with E-state index in [0.717, 1.165) is 17.9 Å². The van der Waals surface area contributed by atoms with E-state index in [0.29, 0.717) is 10.0 Å². The molecule has 0 atom stereocenters. The van der Waals surface area contributed by atoms with Gasteiger partial charge in [0.15, 0.2) is 0 Å². The van der Waals surface area contributed by atoms with Crippen LogP contribution in [-0.4, -0.2) is 4.57 Å². The molecule has 3 aromatic carbocycles. The summed E-state index contributed by atoms with van der Waals surface area (Å²) in [7, 11) is 0. The van der Waals surface area contributed by atoms with Crippen molar-refractivity contribution in [3.63, 3.8) is 0 Å². The minimum atomic E-state index is 0.712. The molecule has 0 amide bonds. The van der Waals surface area contributed by atoms with Gasteiger partial charge in [0.2, 0.25) is 0 Å². The summed E-state index contributed by atoms with van der Waals surface area (Å²) in [5, 5.41) is 2.62. The van der Waals surface area contributed by atoms with E-state index in [1.165, 1.54) is 21.8 Å².